The third-order valence-electron chi connectivity index (χ3n) is 1.77. The van der Waals surface area contributed by atoms with Gasteiger partial charge in [0.25, 0.3) is 0 Å². The van der Waals surface area contributed by atoms with Crippen molar-refractivity contribution >= 4 is 20.9 Å². The average molecular weight is 314 g/mol. The summed E-state index contributed by atoms with van der Waals surface area (Å²) in [4.78, 5) is 0. The van der Waals surface area contributed by atoms with Crippen LogP contribution in [0.15, 0.2) is 9.88 Å². The summed E-state index contributed by atoms with van der Waals surface area (Å²) in [5, 5.41) is 10.1. The zero-order valence-electron chi connectivity index (χ0n) is 9.83. The van der Waals surface area contributed by atoms with Gasteiger partial charge in [-0.1, -0.05) is 0 Å². The number of aliphatic hydroxyl groups is 1. The van der Waals surface area contributed by atoms with E-state index in [0.29, 0.717) is 6.61 Å². The Labute approximate surface area is 97.8 Å². The molecule has 1 atom stereocenters. The molecule has 14 heavy (non-hydrogen) atoms. The summed E-state index contributed by atoms with van der Waals surface area (Å²) in [6.07, 6.45) is 1.43. The molecule has 0 radical (unpaired) electrons. The average Bonchev–Trinajstić information content (AvgIpc) is 2.09. The molecule has 0 aromatic rings. The number of aliphatic hydroxyl groups excluding tert-OH is 1. The molecule has 0 fully saturated rings. The maximum atomic E-state index is 10.1. The first-order valence-corrected chi connectivity index (χ1v) is 7.87. The number of ether oxygens (including phenoxy) is 1. The van der Waals surface area contributed by atoms with E-state index in [1.807, 2.05) is 6.92 Å². The van der Waals surface area contributed by atoms with Crippen LogP contribution in [0.4, 0.5) is 0 Å². The van der Waals surface area contributed by atoms with Gasteiger partial charge in [0.15, 0.2) is 0 Å². The summed E-state index contributed by atoms with van der Waals surface area (Å²) >= 11 is -0.247. The molecule has 0 saturated heterocycles. The van der Waals surface area contributed by atoms with Crippen molar-refractivity contribution in [1.29, 1.82) is 0 Å². The molecule has 0 heterocycles. The van der Waals surface area contributed by atoms with E-state index >= 15 is 0 Å². The molecule has 0 aliphatic rings. The van der Waals surface area contributed by atoms with Crippen molar-refractivity contribution in [3.63, 3.8) is 0 Å². The van der Waals surface area contributed by atoms with Gasteiger partial charge in [0, 0.05) is 0 Å². The molecule has 0 rings (SSSR count). The molecule has 0 bridgehead atoms. The van der Waals surface area contributed by atoms with Gasteiger partial charge in [-0.15, -0.1) is 0 Å². The SMILES string of the molecule is CCO/C=C(\[Te]CC)C(O)C(C)(C)C. The second kappa shape index (κ2) is 6.71. The Hall–Kier alpha value is 0.290. The molecule has 0 amide bonds. The second-order valence-corrected chi connectivity index (χ2v) is 7.99. The Morgan fingerprint density at radius 1 is 1.43 bits per heavy atom. The number of hydrogen-bond acceptors (Lipinski definition) is 2. The predicted molar refractivity (Wildman–Crippen MR) is 61.4 cm³/mol. The Morgan fingerprint density at radius 2 is 2.00 bits per heavy atom. The summed E-state index contributed by atoms with van der Waals surface area (Å²) in [5.41, 5.74) is -0.0805. The van der Waals surface area contributed by atoms with Crippen molar-refractivity contribution in [2.75, 3.05) is 6.61 Å². The summed E-state index contributed by atoms with van der Waals surface area (Å²) in [5.74, 6) is 0. The number of hydrogen-bond donors (Lipinski definition) is 1. The van der Waals surface area contributed by atoms with Crippen LogP contribution in [0, 0.1) is 5.41 Å². The molecule has 84 valence electrons. The predicted octanol–water partition coefficient (Wildman–Crippen LogP) is 2.41. The first kappa shape index (κ1) is 14.3. The third-order valence-corrected chi connectivity index (χ3v) is 4.45. The van der Waals surface area contributed by atoms with Gasteiger partial charge in [0.2, 0.25) is 0 Å². The van der Waals surface area contributed by atoms with E-state index in [1.54, 1.807) is 6.26 Å². The first-order chi connectivity index (χ1) is 6.43. The van der Waals surface area contributed by atoms with Crippen LogP contribution in [-0.2, 0) is 4.74 Å². The van der Waals surface area contributed by atoms with Gasteiger partial charge in [-0.3, -0.25) is 0 Å². The Kier molecular flexibility index (Phi) is 6.85. The maximum absolute atomic E-state index is 10.1. The van der Waals surface area contributed by atoms with Crippen LogP contribution >= 0.6 is 0 Å². The molecule has 0 aliphatic heterocycles. The molecule has 0 saturated carbocycles. The van der Waals surface area contributed by atoms with Crippen LogP contribution in [-0.4, -0.2) is 38.7 Å². The summed E-state index contributed by atoms with van der Waals surface area (Å²) in [6, 6.07) is 0. The molecular weight excluding hydrogens is 292 g/mol. The van der Waals surface area contributed by atoms with Crippen LogP contribution in [0.1, 0.15) is 34.6 Å². The zero-order chi connectivity index (χ0) is 11.2. The van der Waals surface area contributed by atoms with Gasteiger partial charge < -0.3 is 0 Å². The Morgan fingerprint density at radius 3 is 2.36 bits per heavy atom. The van der Waals surface area contributed by atoms with Crippen LogP contribution in [0.25, 0.3) is 0 Å². The van der Waals surface area contributed by atoms with Gasteiger partial charge in [-0.05, 0) is 0 Å². The first-order valence-electron chi connectivity index (χ1n) is 5.06. The second-order valence-electron chi connectivity index (χ2n) is 4.18. The molecule has 0 aliphatic carbocycles. The van der Waals surface area contributed by atoms with Gasteiger partial charge >= 0.3 is 97.9 Å². The molecule has 1 unspecified atom stereocenters. The van der Waals surface area contributed by atoms with Gasteiger partial charge in [0.05, 0.1) is 0 Å². The monoisotopic (exact) mass is 316 g/mol. The molecular formula is C11H22O2Te. The minimum atomic E-state index is -0.351. The molecule has 0 spiro atoms. The van der Waals surface area contributed by atoms with Crippen LogP contribution in [0.2, 0.25) is 4.47 Å². The van der Waals surface area contributed by atoms with E-state index in [2.05, 4.69) is 27.7 Å². The van der Waals surface area contributed by atoms with Crippen molar-refractivity contribution in [3.8, 4) is 0 Å². The van der Waals surface area contributed by atoms with Crippen molar-refractivity contribution < 1.29 is 9.84 Å². The minimum absolute atomic E-state index is 0.0805. The Balaban J connectivity index is 4.48. The quantitative estimate of drug-likeness (QED) is 0.624. The van der Waals surface area contributed by atoms with Gasteiger partial charge in [-0.25, -0.2) is 0 Å². The van der Waals surface area contributed by atoms with Crippen molar-refractivity contribution in [3.05, 3.63) is 9.88 Å². The van der Waals surface area contributed by atoms with Crippen molar-refractivity contribution in [2.45, 2.75) is 45.2 Å². The van der Waals surface area contributed by atoms with Crippen LogP contribution in [0.3, 0.4) is 0 Å². The van der Waals surface area contributed by atoms with Crippen LogP contribution in [0.5, 0.6) is 0 Å². The molecule has 3 heteroatoms. The van der Waals surface area contributed by atoms with E-state index in [9.17, 15) is 5.11 Å². The van der Waals surface area contributed by atoms with E-state index in [-0.39, 0.29) is 32.4 Å². The fourth-order valence-electron chi connectivity index (χ4n) is 0.936. The van der Waals surface area contributed by atoms with E-state index in [4.69, 9.17) is 4.74 Å². The summed E-state index contributed by atoms with van der Waals surface area (Å²) < 4.78 is 7.57. The number of rotatable bonds is 5. The van der Waals surface area contributed by atoms with Gasteiger partial charge in [-0.2, -0.15) is 0 Å². The van der Waals surface area contributed by atoms with E-state index < -0.39 is 0 Å². The van der Waals surface area contributed by atoms with Crippen LogP contribution < -0.4 is 0 Å². The zero-order valence-corrected chi connectivity index (χ0v) is 12.2. The summed E-state index contributed by atoms with van der Waals surface area (Å²) in [6.45, 7) is 11.0. The van der Waals surface area contributed by atoms with Gasteiger partial charge in [0.1, 0.15) is 0 Å². The normalized spacial score (nSPS) is 15.4. The van der Waals surface area contributed by atoms with Crippen molar-refractivity contribution in [2.24, 2.45) is 5.41 Å². The van der Waals surface area contributed by atoms with E-state index in [1.165, 1.54) is 0 Å². The fourth-order valence-corrected chi connectivity index (χ4v) is 3.74. The molecule has 1 N–H and O–H groups in total. The molecule has 0 aromatic carbocycles. The Bertz CT molecular complexity index is 182. The topological polar surface area (TPSA) is 29.5 Å². The molecule has 0 aromatic heterocycles. The van der Waals surface area contributed by atoms with E-state index in [0.717, 1.165) is 8.09 Å². The third kappa shape index (κ3) is 5.24. The standard InChI is InChI=1S/C11H22O2Te/c1-6-13-8-9(14-7-2)10(12)11(3,4)5/h8,10,12H,6-7H2,1-5H3/b9-8-. The summed E-state index contributed by atoms with van der Waals surface area (Å²) in [7, 11) is 0. The fraction of sp³-hybridized carbons (Fsp3) is 0.818. The molecule has 2 nitrogen and oxygen atoms in total. The van der Waals surface area contributed by atoms with Crippen molar-refractivity contribution in [1.82, 2.24) is 0 Å².